The van der Waals surface area contributed by atoms with Crippen LogP contribution in [0.5, 0.6) is 0 Å². The highest BCUT2D eigenvalue weighted by Gasteiger charge is 2.63. The molecular formula is C38H43FN6O7S. The molecule has 2 aromatic rings. The Morgan fingerprint density at radius 2 is 1.89 bits per heavy atom. The smallest absolute Gasteiger partial charge is 0.410 e. The summed E-state index contributed by atoms with van der Waals surface area (Å²) >= 11 is 0. The molecular weight excluding hydrogens is 704 g/mol. The predicted molar refractivity (Wildman–Crippen MR) is 191 cm³/mol. The number of fused-ring (bicyclic) bond motifs is 3. The minimum atomic E-state index is -4.00. The van der Waals surface area contributed by atoms with Crippen molar-refractivity contribution in [2.45, 2.75) is 106 Å². The summed E-state index contributed by atoms with van der Waals surface area (Å²) in [7, 11) is -4.00. The van der Waals surface area contributed by atoms with E-state index in [1.165, 1.54) is 15.9 Å². The summed E-state index contributed by atoms with van der Waals surface area (Å²) in [5, 5.41) is 15.6. The number of carbonyl (C=O) groups excluding carboxylic acids is 4. The third-order valence-corrected chi connectivity index (χ3v) is 13.4. The maximum absolute atomic E-state index is 14.5. The van der Waals surface area contributed by atoms with E-state index in [2.05, 4.69) is 21.4 Å². The van der Waals surface area contributed by atoms with Crippen LogP contribution < -0.4 is 15.4 Å². The van der Waals surface area contributed by atoms with E-state index in [1.54, 1.807) is 43.3 Å². The van der Waals surface area contributed by atoms with Gasteiger partial charge in [0.2, 0.25) is 21.8 Å². The number of allylic oxidation sites excluding steroid dienone is 1. The summed E-state index contributed by atoms with van der Waals surface area (Å²) in [6, 6.07) is 11.5. The molecule has 5 atom stereocenters. The van der Waals surface area contributed by atoms with Crippen LogP contribution in [0.4, 0.5) is 14.9 Å². The fraction of sp³-hybridized carbons (Fsp3) is 0.500. The van der Waals surface area contributed by atoms with Gasteiger partial charge in [-0.2, -0.15) is 5.26 Å². The van der Waals surface area contributed by atoms with Crippen molar-refractivity contribution in [2.24, 2.45) is 5.92 Å². The number of hydrogen-bond donors (Lipinski definition) is 3. The third kappa shape index (κ3) is 7.33. The number of hydrogen-bond acceptors (Lipinski definition) is 9. The van der Waals surface area contributed by atoms with Crippen molar-refractivity contribution in [3.8, 4) is 6.07 Å². The molecule has 1 saturated heterocycles. The minimum absolute atomic E-state index is 0.0162. The van der Waals surface area contributed by atoms with Gasteiger partial charge in [-0.1, -0.05) is 43.2 Å². The van der Waals surface area contributed by atoms with Crippen LogP contribution in [-0.4, -0.2) is 77.1 Å². The first-order valence-corrected chi connectivity index (χ1v) is 19.7. The highest BCUT2D eigenvalue weighted by Crippen LogP contribution is 2.47. The molecule has 5 aliphatic rings. The fourth-order valence-corrected chi connectivity index (χ4v) is 8.87. The Morgan fingerprint density at radius 1 is 1.09 bits per heavy atom. The predicted octanol–water partition coefficient (Wildman–Crippen LogP) is 3.99. The van der Waals surface area contributed by atoms with Gasteiger partial charge in [0.15, 0.2) is 0 Å². The van der Waals surface area contributed by atoms with Crippen LogP contribution in [-0.2, 0) is 42.2 Å². The lowest BCUT2D eigenvalue weighted by Gasteiger charge is -2.30. The van der Waals surface area contributed by atoms with Gasteiger partial charge >= 0.3 is 6.09 Å². The van der Waals surface area contributed by atoms with Crippen LogP contribution in [0, 0.1) is 23.1 Å². The van der Waals surface area contributed by atoms with E-state index < -0.39 is 74.0 Å². The molecule has 13 nitrogen and oxygen atoms in total. The molecule has 7 rings (SSSR count). The summed E-state index contributed by atoms with van der Waals surface area (Å²) in [4.78, 5) is 58.7. The molecule has 53 heavy (non-hydrogen) atoms. The number of ether oxygens (including phenoxy) is 1. The topological polar surface area (TPSA) is 178 Å². The number of anilines is 1. The number of nitrogens with zero attached hydrogens (tertiary/aromatic N) is 3. The van der Waals surface area contributed by atoms with Crippen molar-refractivity contribution in [2.75, 3.05) is 11.9 Å². The van der Waals surface area contributed by atoms with Gasteiger partial charge in [0.05, 0.1) is 29.5 Å². The van der Waals surface area contributed by atoms with Crippen molar-refractivity contribution in [1.29, 1.82) is 5.26 Å². The van der Waals surface area contributed by atoms with Crippen LogP contribution in [0.3, 0.4) is 0 Å². The average Bonchev–Trinajstić information content (AvgIpc) is 3.92. The van der Waals surface area contributed by atoms with E-state index >= 15 is 0 Å². The summed E-state index contributed by atoms with van der Waals surface area (Å²) in [5.74, 6) is -2.80. The molecule has 2 saturated carbocycles. The number of sulfonamides is 1. The fourth-order valence-electron chi connectivity index (χ4n) is 7.55. The monoisotopic (exact) mass is 746 g/mol. The second-order valence-electron chi connectivity index (χ2n) is 15.1. The van der Waals surface area contributed by atoms with Gasteiger partial charge in [-0.3, -0.25) is 24.0 Å². The molecule has 0 aromatic heterocycles. The molecule has 0 radical (unpaired) electrons. The average molecular weight is 747 g/mol. The van der Waals surface area contributed by atoms with Crippen molar-refractivity contribution in [3.63, 3.8) is 0 Å². The number of halogens is 1. The Bertz CT molecular complexity index is 2010. The van der Waals surface area contributed by atoms with Crippen molar-refractivity contribution in [1.82, 2.24) is 19.8 Å². The van der Waals surface area contributed by atoms with E-state index in [1.807, 2.05) is 12.2 Å². The second kappa shape index (κ2) is 14.1. The van der Waals surface area contributed by atoms with Gasteiger partial charge in [0, 0.05) is 30.1 Å². The molecule has 2 aliphatic carbocycles. The molecule has 0 spiro atoms. The summed E-state index contributed by atoms with van der Waals surface area (Å²) < 4.78 is 47.7. The van der Waals surface area contributed by atoms with Crippen LogP contribution in [0.2, 0.25) is 0 Å². The van der Waals surface area contributed by atoms with E-state index in [0.717, 1.165) is 12.8 Å². The standard InChI is InChI=1S/C38H43FN6O7S/c1-37(15-16-37)53(50,51)43-35(48)38-19-26(38)11-5-3-2-4-6-14-31(41-27-12-7-9-24(17-27)20-40)34(47)45-22-28(18-32(45)33(46)42-38)52-36(49)44-21-25-10-8-13-30(39)29(25)23-44/h5,7-13,17,26,28,31-32,41H,2-4,6,14-16,18-19,21-23H2,1H3,(H,42,46)(H,43,48)/b11-5-/t26-,28-,31+,32+,38-/m1/s1. The number of benzene rings is 2. The molecule has 3 heterocycles. The van der Waals surface area contributed by atoms with Gasteiger partial charge < -0.3 is 20.3 Å². The van der Waals surface area contributed by atoms with Crippen molar-refractivity contribution >= 4 is 39.5 Å². The van der Waals surface area contributed by atoms with E-state index in [9.17, 15) is 37.2 Å². The molecule has 15 heteroatoms. The molecule has 0 bridgehead atoms. The van der Waals surface area contributed by atoms with Gasteiger partial charge in [0.25, 0.3) is 5.91 Å². The first-order chi connectivity index (χ1) is 25.3. The Hall–Kier alpha value is -4.97. The lowest BCUT2D eigenvalue weighted by Crippen LogP contribution is -2.58. The van der Waals surface area contributed by atoms with E-state index in [4.69, 9.17) is 4.74 Å². The summed E-state index contributed by atoms with van der Waals surface area (Å²) in [5.41, 5.74) is 0.479. The van der Waals surface area contributed by atoms with Gasteiger partial charge in [-0.05, 0) is 75.3 Å². The second-order valence-corrected chi connectivity index (χ2v) is 17.3. The highest BCUT2D eigenvalue weighted by atomic mass is 32.2. The van der Waals surface area contributed by atoms with E-state index in [0.29, 0.717) is 54.5 Å². The zero-order valence-electron chi connectivity index (χ0n) is 29.5. The van der Waals surface area contributed by atoms with Crippen molar-refractivity contribution < 1.29 is 36.7 Å². The molecule has 4 amide bonds. The zero-order valence-corrected chi connectivity index (χ0v) is 30.3. The first-order valence-electron chi connectivity index (χ1n) is 18.2. The van der Waals surface area contributed by atoms with E-state index in [-0.39, 0.29) is 32.5 Å². The highest BCUT2D eigenvalue weighted by molar-refractivity contribution is 7.91. The molecule has 3 N–H and O–H groups in total. The number of nitriles is 1. The molecule has 3 fully saturated rings. The number of amides is 4. The van der Waals surface area contributed by atoms with Gasteiger partial charge in [0.1, 0.15) is 29.5 Å². The van der Waals surface area contributed by atoms with Gasteiger partial charge in [-0.25, -0.2) is 17.6 Å². The normalized spacial score (nSPS) is 28.5. The maximum Gasteiger partial charge on any atom is 0.410 e. The first kappa shape index (κ1) is 36.4. The number of nitrogens with one attached hydrogen (secondary N) is 3. The zero-order chi connectivity index (χ0) is 37.5. The Labute approximate surface area is 308 Å². The largest absolute Gasteiger partial charge is 0.444 e. The number of carbonyl (C=O) groups is 4. The van der Waals surface area contributed by atoms with Crippen LogP contribution in [0.25, 0.3) is 0 Å². The lowest BCUT2D eigenvalue weighted by atomic mass is 10.0. The molecule has 3 aliphatic heterocycles. The maximum atomic E-state index is 14.5. The summed E-state index contributed by atoms with van der Waals surface area (Å²) in [6.07, 6.45) is 6.49. The Balaban J connectivity index is 1.16. The lowest BCUT2D eigenvalue weighted by molar-refractivity contribution is -0.140. The molecule has 2 aromatic carbocycles. The molecule has 0 unspecified atom stereocenters. The SMILES string of the molecule is CC1(S(=O)(=O)NC(=O)[C@@]23C[C@H]2/C=C\CCCCC[C@H](Nc2cccc(C#N)c2)C(=O)N2C[C@H](OC(=O)N4Cc5cccc(F)c5C4)C[C@H]2C(=O)N3)CC1. The summed E-state index contributed by atoms with van der Waals surface area (Å²) in [6.45, 7) is 1.61. The number of rotatable bonds is 6. The van der Waals surface area contributed by atoms with Crippen LogP contribution >= 0.6 is 0 Å². The quantitative estimate of drug-likeness (QED) is 0.369. The van der Waals surface area contributed by atoms with Crippen LogP contribution in [0.15, 0.2) is 54.6 Å². The third-order valence-electron chi connectivity index (χ3n) is 11.3. The van der Waals surface area contributed by atoms with Crippen LogP contribution in [0.1, 0.15) is 81.4 Å². The van der Waals surface area contributed by atoms with Gasteiger partial charge in [-0.15, -0.1) is 0 Å². The molecule has 280 valence electrons. The minimum Gasteiger partial charge on any atom is -0.444 e. The Kier molecular flexibility index (Phi) is 9.69. The Morgan fingerprint density at radius 3 is 2.64 bits per heavy atom. The van der Waals surface area contributed by atoms with Crippen molar-refractivity contribution in [3.05, 3.63) is 77.1 Å².